The number of H-pyrrole nitrogens is 1. The fourth-order valence-electron chi connectivity index (χ4n) is 3.07. The van der Waals surface area contributed by atoms with Gasteiger partial charge in [0.2, 0.25) is 17.0 Å². The molecule has 0 aliphatic carbocycles. The highest BCUT2D eigenvalue weighted by Gasteiger charge is 2.24. The normalized spacial score (nSPS) is 15.3. The first-order valence-electron chi connectivity index (χ1n) is 9.72. The van der Waals surface area contributed by atoms with Crippen molar-refractivity contribution in [1.29, 1.82) is 0 Å². The van der Waals surface area contributed by atoms with Crippen molar-refractivity contribution in [2.45, 2.75) is 31.5 Å². The van der Waals surface area contributed by atoms with E-state index in [0.717, 1.165) is 5.56 Å². The molecular formula is C20H28N6O2S. The Hall–Kier alpha value is -2.39. The quantitative estimate of drug-likeness (QED) is 0.695. The number of rotatable bonds is 6. The zero-order valence-electron chi connectivity index (χ0n) is 17.1. The van der Waals surface area contributed by atoms with E-state index in [0.29, 0.717) is 49.5 Å². The zero-order valence-corrected chi connectivity index (χ0v) is 18.0. The number of hydrogen-bond acceptors (Lipinski definition) is 6. The van der Waals surface area contributed by atoms with Crippen molar-refractivity contribution in [2.75, 3.05) is 38.5 Å². The second-order valence-electron chi connectivity index (χ2n) is 8.08. The molecule has 0 saturated carbocycles. The number of aromatic amines is 1. The minimum atomic E-state index is -0.229. The molecule has 2 amide bonds. The molecule has 2 aromatic rings. The van der Waals surface area contributed by atoms with Crippen LogP contribution in [0.25, 0.3) is 11.4 Å². The maximum absolute atomic E-state index is 12.5. The van der Waals surface area contributed by atoms with Crippen LogP contribution in [-0.2, 0) is 9.59 Å². The molecule has 9 heteroatoms. The molecule has 8 nitrogen and oxygen atoms in total. The third-order valence-electron chi connectivity index (χ3n) is 4.44. The lowest BCUT2D eigenvalue weighted by atomic mass is 10.1. The van der Waals surface area contributed by atoms with Gasteiger partial charge < -0.3 is 10.2 Å². The smallest absolute Gasteiger partial charge is 0.234 e. The van der Waals surface area contributed by atoms with Crippen LogP contribution in [0.15, 0.2) is 35.5 Å². The lowest BCUT2D eigenvalue weighted by Gasteiger charge is -2.34. The summed E-state index contributed by atoms with van der Waals surface area (Å²) in [7, 11) is 0. The van der Waals surface area contributed by atoms with Crippen molar-refractivity contribution >= 4 is 23.6 Å². The summed E-state index contributed by atoms with van der Waals surface area (Å²) in [5.74, 6) is 1.09. The summed E-state index contributed by atoms with van der Waals surface area (Å²) in [6.07, 6.45) is 0. The van der Waals surface area contributed by atoms with Crippen molar-refractivity contribution in [3.8, 4) is 11.4 Å². The van der Waals surface area contributed by atoms with Gasteiger partial charge in [-0.25, -0.2) is 4.98 Å². The van der Waals surface area contributed by atoms with Crippen LogP contribution in [0.3, 0.4) is 0 Å². The van der Waals surface area contributed by atoms with Crippen LogP contribution >= 0.6 is 11.8 Å². The third-order valence-corrected chi connectivity index (χ3v) is 5.28. The van der Waals surface area contributed by atoms with Gasteiger partial charge in [-0.2, -0.15) is 0 Å². The monoisotopic (exact) mass is 416 g/mol. The van der Waals surface area contributed by atoms with Crippen LogP contribution in [0.4, 0.5) is 0 Å². The molecule has 2 heterocycles. The van der Waals surface area contributed by atoms with Crippen LogP contribution in [0.5, 0.6) is 0 Å². The number of hydrogen-bond donors (Lipinski definition) is 2. The van der Waals surface area contributed by atoms with Crippen molar-refractivity contribution < 1.29 is 9.59 Å². The minimum absolute atomic E-state index is 0.0201. The molecule has 0 bridgehead atoms. The van der Waals surface area contributed by atoms with Crippen LogP contribution in [0, 0.1) is 0 Å². The Balaban J connectivity index is 1.41. The third kappa shape index (κ3) is 6.57. The molecule has 0 atom stereocenters. The van der Waals surface area contributed by atoms with Crippen molar-refractivity contribution in [3.05, 3.63) is 30.3 Å². The van der Waals surface area contributed by atoms with Crippen LogP contribution in [0.1, 0.15) is 20.8 Å². The number of carbonyl (C=O) groups excluding carboxylic acids is 2. The van der Waals surface area contributed by atoms with E-state index in [2.05, 4.69) is 25.4 Å². The van der Waals surface area contributed by atoms with E-state index >= 15 is 0 Å². The minimum Gasteiger partial charge on any atom is -0.350 e. The summed E-state index contributed by atoms with van der Waals surface area (Å²) in [5, 5.41) is 10.6. The summed E-state index contributed by atoms with van der Waals surface area (Å²) in [5.41, 5.74) is 0.733. The van der Waals surface area contributed by atoms with Gasteiger partial charge in [-0.1, -0.05) is 42.1 Å². The molecule has 2 N–H and O–H groups in total. The molecule has 1 aliphatic rings. The second-order valence-corrected chi connectivity index (χ2v) is 9.02. The van der Waals surface area contributed by atoms with Gasteiger partial charge in [0.05, 0.1) is 12.3 Å². The summed E-state index contributed by atoms with van der Waals surface area (Å²) in [4.78, 5) is 32.9. The molecule has 3 rings (SSSR count). The van der Waals surface area contributed by atoms with Gasteiger partial charge in [-0.15, -0.1) is 5.10 Å². The lowest BCUT2D eigenvalue weighted by molar-refractivity contribution is -0.130. The summed E-state index contributed by atoms with van der Waals surface area (Å²) in [6.45, 7) is 8.94. The van der Waals surface area contributed by atoms with E-state index in [1.54, 1.807) is 0 Å². The van der Waals surface area contributed by atoms with Crippen LogP contribution in [0.2, 0.25) is 0 Å². The van der Waals surface area contributed by atoms with Gasteiger partial charge in [-0.3, -0.25) is 19.6 Å². The molecule has 1 fully saturated rings. The Labute approximate surface area is 175 Å². The highest BCUT2D eigenvalue weighted by atomic mass is 32.2. The van der Waals surface area contributed by atoms with E-state index in [-0.39, 0.29) is 17.4 Å². The molecule has 0 unspecified atom stereocenters. The Morgan fingerprint density at radius 3 is 2.48 bits per heavy atom. The fourth-order valence-corrected chi connectivity index (χ4v) is 3.77. The van der Waals surface area contributed by atoms with E-state index < -0.39 is 0 Å². The number of piperazine rings is 1. The number of thioether (sulfide) groups is 1. The van der Waals surface area contributed by atoms with Crippen LogP contribution in [-0.4, -0.2) is 80.8 Å². The van der Waals surface area contributed by atoms with E-state index in [4.69, 9.17) is 0 Å². The first kappa shape index (κ1) is 21.3. The highest BCUT2D eigenvalue weighted by Crippen LogP contribution is 2.19. The Kier molecular flexibility index (Phi) is 6.92. The van der Waals surface area contributed by atoms with Gasteiger partial charge in [0.25, 0.3) is 0 Å². The van der Waals surface area contributed by atoms with Crippen molar-refractivity contribution in [3.63, 3.8) is 0 Å². The summed E-state index contributed by atoms with van der Waals surface area (Å²) >= 11 is 1.33. The fraction of sp³-hybridized carbons (Fsp3) is 0.500. The number of amides is 2. The maximum atomic E-state index is 12.5. The molecule has 1 aromatic heterocycles. The number of carbonyl (C=O) groups is 2. The van der Waals surface area contributed by atoms with Gasteiger partial charge in [0, 0.05) is 37.3 Å². The first-order valence-corrected chi connectivity index (χ1v) is 10.7. The standard InChI is InChI=1S/C20H28N6O2S/c1-20(2,3)22-16(27)13-25-9-11-26(12-10-25)17(28)14-29-19-21-18(23-24-19)15-7-5-4-6-8-15/h4-8H,9-14H2,1-3H3,(H,22,27)(H,21,23,24). The van der Waals surface area contributed by atoms with E-state index in [9.17, 15) is 9.59 Å². The predicted octanol–water partition coefficient (Wildman–Crippen LogP) is 1.62. The van der Waals surface area contributed by atoms with E-state index in [1.165, 1.54) is 11.8 Å². The number of nitrogens with zero attached hydrogens (tertiary/aromatic N) is 4. The van der Waals surface area contributed by atoms with Gasteiger partial charge in [0.15, 0.2) is 5.82 Å². The van der Waals surface area contributed by atoms with Crippen molar-refractivity contribution in [2.24, 2.45) is 0 Å². The molecule has 1 aliphatic heterocycles. The second kappa shape index (κ2) is 9.41. The Morgan fingerprint density at radius 1 is 1.14 bits per heavy atom. The zero-order chi connectivity index (χ0) is 20.9. The molecule has 156 valence electrons. The van der Waals surface area contributed by atoms with Gasteiger partial charge in [-0.05, 0) is 20.8 Å². The van der Waals surface area contributed by atoms with Crippen LogP contribution < -0.4 is 5.32 Å². The summed E-state index contributed by atoms with van der Waals surface area (Å²) in [6, 6.07) is 9.76. The molecular weight excluding hydrogens is 388 g/mol. The first-order chi connectivity index (χ1) is 13.8. The molecule has 29 heavy (non-hydrogen) atoms. The predicted molar refractivity (Wildman–Crippen MR) is 113 cm³/mol. The SMILES string of the molecule is CC(C)(C)NC(=O)CN1CCN(C(=O)CSc2n[nH]c(-c3ccccc3)n2)CC1. The average Bonchev–Trinajstić information content (AvgIpc) is 3.15. The summed E-state index contributed by atoms with van der Waals surface area (Å²) < 4.78 is 0. The highest BCUT2D eigenvalue weighted by molar-refractivity contribution is 7.99. The van der Waals surface area contributed by atoms with E-state index in [1.807, 2.05) is 56.0 Å². The average molecular weight is 417 g/mol. The molecule has 0 spiro atoms. The van der Waals surface area contributed by atoms with Gasteiger partial charge in [0.1, 0.15) is 0 Å². The maximum Gasteiger partial charge on any atom is 0.234 e. The van der Waals surface area contributed by atoms with Crippen molar-refractivity contribution in [1.82, 2.24) is 30.3 Å². The lowest BCUT2D eigenvalue weighted by Crippen LogP contribution is -2.53. The Bertz CT molecular complexity index is 825. The Morgan fingerprint density at radius 2 is 1.83 bits per heavy atom. The molecule has 0 radical (unpaired) electrons. The van der Waals surface area contributed by atoms with Gasteiger partial charge >= 0.3 is 0 Å². The number of aromatic nitrogens is 3. The number of benzene rings is 1. The molecule has 1 saturated heterocycles. The largest absolute Gasteiger partial charge is 0.350 e. The topological polar surface area (TPSA) is 94.2 Å². The molecule has 1 aromatic carbocycles. The number of nitrogens with one attached hydrogen (secondary N) is 2.